The molecule has 0 aromatic heterocycles. The van der Waals surface area contributed by atoms with Crippen molar-refractivity contribution in [3.8, 4) is 0 Å². The Morgan fingerprint density at radius 1 is 1.12 bits per heavy atom. The molecule has 5 atom stereocenters. The fourth-order valence-electron chi connectivity index (χ4n) is 5.29. The van der Waals surface area contributed by atoms with Gasteiger partial charge in [0.15, 0.2) is 0 Å². The molecule has 1 N–H and O–H groups in total. The standard InChI is InChI=1S/C15H26O/c1-10-5-6-14(4)9-15(14)11(10)7-13(2,3)8-12(15)16/h10-12,16H,5-9H2,1-4H3. The molecule has 3 aliphatic carbocycles. The van der Waals surface area contributed by atoms with Gasteiger partial charge in [-0.2, -0.15) is 0 Å². The van der Waals surface area contributed by atoms with E-state index in [2.05, 4.69) is 27.7 Å². The Morgan fingerprint density at radius 3 is 2.50 bits per heavy atom. The van der Waals surface area contributed by atoms with E-state index in [4.69, 9.17) is 0 Å². The van der Waals surface area contributed by atoms with Crippen LogP contribution < -0.4 is 0 Å². The number of aliphatic hydroxyl groups excluding tert-OH is 1. The van der Waals surface area contributed by atoms with E-state index in [9.17, 15) is 5.11 Å². The van der Waals surface area contributed by atoms with Crippen LogP contribution in [-0.4, -0.2) is 11.2 Å². The van der Waals surface area contributed by atoms with Gasteiger partial charge in [-0.15, -0.1) is 0 Å². The lowest BCUT2D eigenvalue weighted by Crippen LogP contribution is -2.48. The second kappa shape index (κ2) is 2.85. The summed E-state index contributed by atoms with van der Waals surface area (Å²) in [5.74, 6) is 1.61. The maximum atomic E-state index is 10.6. The first-order valence-corrected chi connectivity index (χ1v) is 6.99. The molecule has 0 radical (unpaired) electrons. The van der Waals surface area contributed by atoms with Crippen LogP contribution in [0.15, 0.2) is 0 Å². The number of aliphatic hydroxyl groups is 1. The molecular formula is C15H26O. The van der Waals surface area contributed by atoms with Crippen molar-refractivity contribution < 1.29 is 5.11 Å². The van der Waals surface area contributed by atoms with Crippen LogP contribution in [0.1, 0.15) is 59.8 Å². The highest BCUT2D eigenvalue weighted by atomic mass is 16.3. The highest BCUT2D eigenvalue weighted by Crippen LogP contribution is 2.79. The van der Waals surface area contributed by atoms with Crippen LogP contribution in [0.3, 0.4) is 0 Å². The van der Waals surface area contributed by atoms with Crippen molar-refractivity contribution in [2.75, 3.05) is 0 Å². The summed E-state index contributed by atoms with van der Waals surface area (Å²) in [6.07, 6.45) is 6.35. The summed E-state index contributed by atoms with van der Waals surface area (Å²) in [5, 5.41) is 10.6. The molecule has 5 unspecified atom stereocenters. The predicted octanol–water partition coefficient (Wildman–Crippen LogP) is 3.61. The molecule has 16 heavy (non-hydrogen) atoms. The zero-order valence-corrected chi connectivity index (χ0v) is 11.2. The van der Waals surface area contributed by atoms with Gasteiger partial charge in [-0.3, -0.25) is 0 Å². The normalized spacial score (nSPS) is 58.7. The first-order valence-electron chi connectivity index (χ1n) is 6.99. The third kappa shape index (κ3) is 1.16. The van der Waals surface area contributed by atoms with Crippen molar-refractivity contribution in [2.24, 2.45) is 28.1 Å². The fraction of sp³-hybridized carbons (Fsp3) is 1.00. The van der Waals surface area contributed by atoms with Crippen molar-refractivity contribution in [1.29, 1.82) is 0 Å². The highest BCUT2D eigenvalue weighted by Gasteiger charge is 2.74. The van der Waals surface area contributed by atoms with Gasteiger partial charge in [0.2, 0.25) is 0 Å². The first kappa shape index (κ1) is 11.1. The third-order valence-corrected chi connectivity index (χ3v) is 6.29. The number of hydrogen-bond donors (Lipinski definition) is 1. The van der Waals surface area contributed by atoms with E-state index in [0.717, 1.165) is 18.3 Å². The van der Waals surface area contributed by atoms with Crippen LogP contribution in [0.25, 0.3) is 0 Å². The first-order chi connectivity index (χ1) is 7.31. The zero-order chi connectivity index (χ0) is 11.8. The Labute approximate surface area is 99.6 Å². The van der Waals surface area contributed by atoms with Gasteiger partial charge in [-0.25, -0.2) is 0 Å². The lowest BCUT2D eigenvalue weighted by molar-refractivity contribution is -0.0908. The van der Waals surface area contributed by atoms with Crippen LogP contribution in [-0.2, 0) is 0 Å². The van der Waals surface area contributed by atoms with Crippen molar-refractivity contribution in [3.05, 3.63) is 0 Å². The SMILES string of the molecule is CC1CCC2(C)CC23C(O)CC(C)(C)CC13. The Morgan fingerprint density at radius 2 is 1.81 bits per heavy atom. The van der Waals surface area contributed by atoms with Crippen LogP contribution in [0.5, 0.6) is 0 Å². The van der Waals surface area contributed by atoms with Crippen molar-refractivity contribution in [1.82, 2.24) is 0 Å². The quantitative estimate of drug-likeness (QED) is 0.664. The molecule has 0 aliphatic heterocycles. The van der Waals surface area contributed by atoms with Crippen LogP contribution in [0.2, 0.25) is 0 Å². The van der Waals surface area contributed by atoms with E-state index >= 15 is 0 Å². The largest absolute Gasteiger partial charge is 0.392 e. The minimum absolute atomic E-state index is 0.0333. The smallest absolute Gasteiger partial charge is 0.0609 e. The second-order valence-corrected chi connectivity index (χ2v) is 7.99. The molecule has 3 aliphatic rings. The Balaban J connectivity index is 1.97. The van der Waals surface area contributed by atoms with Gasteiger partial charge in [-0.1, -0.05) is 27.7 Å². The molecule has 1 nitrogen and oxygen atoms in total. The van der Waals surface area contributed by atoms with Crippen LogP contribution in [0, 0.1) is 28.1 Å². The van der Waals surface area contributed by atoms with Gasteiger partial charge < -0.3 is 5.11 Å². The third-order valence-electron chi connectivity index (χ3n) is 6.29. The molecule has 1 heteroatoms. The monoisotopic (exact) mass is 222 g/mol. The van der Waals surface area contributed by atoms with Gasteiger partial charge in [0, 0.05) is 5.41 Å². The minimum atomic E-state index is -0.0333. The van der Waals surface area contributed by atoms with E-state index in [-0.39, 0.29) is 6.10 Å². The Bertz CT molecular complexity index is 321. The molecule has 0 heterocycles. The average molecular weight is 222 g/mol. The lowest BCUT2D eigenvalue weighted by Gasteiger charge is -2.51. The minimum Gasteiger partial charge on any atom is -0.392 e. The maximum Gasteiger partial charge on any atom is 0.0609 e. The van der Waals surface area contributed by atoms with Gasteiger partial charge in [0.25, 0.3) is 0 Å². The van der Waals surface area contributed by atoms with Crippen LogP contribution in [0.4, 0.5) is 0 Å². The fourth-order valence-corrected chi connectivity index (χ4v) is 5.29. The maximum absolute atomic E-state index is 10.6. The van der Waals surface area contributed by atoms with Gasteiger partial charge in [0.1, 0.15) is 0 Å². The second-order valence-electron chi connectivity index (χ2n) is 7.99. The summed E-state index contributed by atoms with van der Waals surface area (Å²) >= 11 is 0. The molecule has 0 amide bonds. The van der Waals surface area contributed by atoms with Crippen molar-refractivity contribution >= 4 is 0 Å². The number of hydrogen-bond acceptors (Lipinski definition) is 1. The highest BCUT2D eigenvalue weighted by molar-refractivity contribution is 5.23. The lowest BCUT2D eigenvalue weighted by atomic mass is 9.55. The van der Waals surface area contributed by atoms with Crippen molar-refractivity contribution in [3.63, 3.8) is 0 Å². The predicted molar refractivity (Wildman–Crippen MR) is 66.1 cm³/mol. The van der Waals surface area contributed by atoms with Gasteiger partial charge in [0.05, 0.1) is 6.10 Å². The molecule has 92 valence electrons. The summed E-state index contributed by atoms with van der Waals surface area (Å²) in [5.41, 5.74) is 1.16. The molecule has 0 aromatic rings. The summed E-state index contributed by atoms with van der Waals surface area (Å²) in [7, 11) is 0. The molecule has 0 bridgehead atoms. The van der Waals surface area contributed by atoms with E-state index < -0.39 is 0 Å². The van der Waals surface area contributed by atoms with E-state index in [1.165, 1.54) is 25.7 Å². The molecule has 3 saturated carbocycles. The van der Waals surface area contributed by atoms with E-state index in [1.807, 2.05) is 0 Å². The summed E-state index contributed by atoms with van der Waals surface area (Å²) in [6, 6.07) is 0. The molecule has 3 rings (SSSR count). The molecule has 0 saturated heterocycles. The van der Waals surface area contributed by atoms with Gasteiger partial charge >= 0.3 is 0 Å². The molecular weight excluding hydrogens is 196 g/mol. The number of rotatable bonds is 0. The topological polar surface area (TPSA) is 20.2 Å². The van der Waals surface area contributed by atoms with E-state index in [1.54, 1.807) is 0 Å². The van der Waals surface area contributed by atoms with E-state index in [0.29, 0.717) is 16.2 Å². The Kier molecular flexibility index (Phi) is 1.98. The molecule has 0 aromatic carbocycles. The zero-order valence-electron chi connectivity index (χ0n) is 11.2. The van der Waals surface area contributed by atoms with Crippen LogP contribution >= 0.6 is 0 Å². The Hall–Kier alpha value is -0.0400. The summed E-state index contributed by atoms with van der Waals surface area (Å²) in [4.78, 5) is 0. The van der Waals surface area contributed by atoms with Crippen molar-refractivity contribution in [2.45, 2.75) is 65.9 Å². The van der Waals surface area contributed by atoms with Gasteiger partial charge in [-0.05, 0) is 54.8 Å². The summed E-state index contributed by atoms with van der Waals surface area (Å²) in [6.45, 7) is 9.51. The average Bonchev–Trinajstić information content (AvgIpc) is 2.77. The molecule has 3 fully saturated rings. The summed E-state index contributed by atoms with van der Waals surface area (Å²) < 4.78 is 0. The molecule has 1 spiro atoms.